The Morgan fingerprint density at radius 3 is 2.88 bits per heavy atom. The van der Waals surface area contributed by atoms with Gasteiger partial charge < -0.3 is 4.74 Å². The monoisotopic (exact) mass is 259 g/mol. The molecule has 0 radical (unpaired) electrons. The molecule has 0 aromatic carbocycles. The number of thioether (sulfide) groups is 1. The lowest BCUT2D eigenvalue weighted by Gasteiger charge is -2.36. The number of esters is 1. The molecule has 2 atom stereocenters. The first-order chi connectivity index (χ1) is 8.22. The fourth-order valence-electron chi connectivity index (χ4n) is 2.26. The second kappa shape index (κ2) is 7.98. The smallest absolute Gasteiger partial charge is 0.323 e. The first kappa shape index (κ1) is 14.8. The zero-order valence-corrected chi connectivity index (χ0v) is 12.1. The largest absolute Gasteiger partial charge is 0.468 e. The van der Waals surface area contributed by atoms with Gasteiger partial charge in [-0.15, -0.1) is 0 Å². The first-order valence-electron chi connectivity index (χ1n) is 6.66. The van der Waals surface area contributed by atoms with Gasteiger partial charge in [-0.05, 0) is 12.8 Å². The van der Waals surface area contributed by atoms with Crippen molar-refractivity contribution >= 4 is 17.7 Å². The molecule has 0 aromatic heterocycles. The Balaban J connectivity index is 2.57. The topological polar surface area (TPSA) is 29.5 Å². The summed E-state index contributed by atoms with van der Waals surface area (Å²) in [4.78, 5) is 14.2. The average molecular weight is 259 g/mol. The summed E-state index contributed by atoms with van der Waals surface area (Å²) in [6.07, 6.45) is 4.35. The standard InChI is InChI=1S/C13H25NO2S/c1-4-6-7-12(13(15)16-3)14-8-9-17-11(5-2)10-14/h11-12H,4-10H2,1-3H3. The molecule has 0 spiro atoms. The first-order valence-corrected chi connectivity index (χ1v) is 7.71. The Bertz CT molecular complexity index is 235. The fraction of sp³-hybridized carbons (Fsp3) is 0.923. The minimum absolute atomic E-state index is 0.0186. The normalized spacial score (nSPS) is 23.4. The van der Waals surface area contributed by atoms with Gasteiger partial charge in [-0.1, -0.05) is 26.7 Å². The van der Waals surface area contributed by atoms with Crippen molar-refractivity contribution in [2.75, 3.05) is 26.0 Å². The number of carbonyl (C=O) groups excluding carboxylic acids is 1. The highest BCUT2D eigenvalue weighted by atomic mass is 32.2. The van der Waals surface area contributed by atoms with Crippen LogP contribution in [0.4, 0.5) is 0 Å². The van der Waals surface area contributed by atoms with Gasteiger partial charge in [-0.3, -0.25) is 9.69 Å². The molecule has 0 bridgehead atoms. The Morgan fingerprint density at radius 1 is 1.53 bits per heavy atom. The van der Waals surface area contributed by atoms with Crippen molar-refractivity contribution in [1.29, 1.82) is 0 Å². The van der Waals surface area contributed by atoms with E-state index < -0.39 is 0 Å². The SMILES string of the molecule is CCCCC(C(=O)OC)N1CCSC(CC)C1. The van der Waals surface area contributed by atoms with Gasteiger partial charge in [0.15, 0.2) is 0 Å². The minimum atomic E-state index is -0.0554. The number of hydrogen-bond donors (Lipinski definition) is 0. The van der Waals surface area contributed by atoms with Gasteiger partial charge in [-0.25, -0.2) is 0 Å². The lowest BCUT2D eigenvalue weighted by molar-refractivity contribution is -0.147. The van der Waals surface area contributed by atoms with Crippen molar-refractivity contribution < 1.29 is 9.53 Å². The van der Waals surface area contributed by atoms with Gasteiger partial charge in [0.2, 0.25) is 0 Å². The van der Waals surface area contributed by atoms with E-state index in [9.17, 15) is 4.79 Å². The fourth-order valence-corrected chi connectivity index (χ4v) is 3.46. The Kier molecular flexibility index (Phi) is 6.97. The van der Waals surface area contributed by atoms with Crippen LogP contribution in [-0.4, -0.2) is 48.1 Å². The third kappa shape index (κ3) is 4.51. The number of ether oxygens (including phenoxy) is 1. The lowest BCUT2D eigenvalue weighted by Crippen LogP contribution is -2.48. The molecule has 1 aliphatic rings. The second-order valence-corrected chi connectivity index (χ2v) is 5.99. The Morgan fingerprint density at radius 2 is 2.29 bits per heavy atom. The molecule has 0 aromatic rings. The molecule has 0 aliphatic carbocycles. The second-order valence-electron chi connectivity index (χ2n) is 4.58. The molecule has 1 saturated heterocycles. The van der Waals surface area contributed by atoms with Crippen LogP contribution >= 0.6 is 11.8 Å². The van der Waals surface area contributed by atoms with E-state index in [-0.39, 0.29) is 12.0 Å². The van der Waals surface area contributed by atoms with E-state index in [0.717, 1.165) is 38.1 Å². The maximum absolute atomic E-state index is 11.8. The quantitative estimate of drug-likeness (QED) is 0.686. The zero-order valence-electron chi connectivity index (χ0n) is 11.3. The van der Waals surface area contributed by atoms with Crippen molar-refractivity contribution in [2.45, 2.75) is 50.8 Å². The highest BCUT2D eigenvalue weighted by Crippen LogP contribution is 2.24. The van der Waals surface area contributed by atoms with E-state index >= 15 is 0 Å². The Hall–Kier alpha value is -0.220. The number of carbonyl (C=O) groups is 1. The molecule has 1 fully saturated rings. The molecule has 100 valence electrons. The summed E-state index contributed by atoms with van der Waals surface area (Å²) in [7, 11) is 1.50. The predicted molar refractivity (Wildman–Crippen MR) is 73.4 cm³/mol. The molecule has 2 unspecified atom stereocenters. The summed E-state index contributed by atoms with van der Waals surface area (Å²) >= 11 is 2.03. The molecule has 0 saturated carbocycles. The lowest BCUT2D eigenvalue weighted by atomic mass is 10.1. The molecule has 4 heteroatoms. The van der Waals surface area contributed by atoms with Crippen LogP contribution in [0.5, 0.6) is 0 Å². The molecule has 1 rings (SSSR count). The molecule has 0 N–H and O–H groups in total. The highest BCUT2D eigenvalue weighted by Gasteiger charge is 2.30. The van der Waals surface area contributed by atoms with E-state index in [1.165, 1.54) is 13.5 Å². The van der Waals surface area contributed by atoms with Crippen LogP contribution in [0.2, 0.25) is 0 Å². The van der Waals surface area contributed by atoms with Crippen molar-refractivity contribution in [2.24, 2.45) is 0 Å². The molecular weight excluding hydrogens is 234 g/mol. The van der Waals surface area contributed by atoms with E-state index in [1.54, 1.807) is 0 Å². The van der Waals surface area contributed by atoms with Crippen LogP contribution in [-0.2, 0) is 9.53 Å². The molecule has 1 aliphatic heterocycles. The van der Waals surface area contributed by atoms with Gasteiger partial charge in [0.05, 0.1) is 7.11 Å². The van der Waals surface area contributed by atoms with Crippen LogP contribution < -0.4 is 0 Å². The molecule has 3 nitrogen and oxygen atoms in total. The highest BCUT2D eigenvalue weighted by molar-refractivity contribution is 8.00. The van der Waals surface area contributed by atoms with Gasteiger partial charge >= 0.3 is 5.97 Å². The van der Waals surface area contributed by atoms with Crippen LogP contribution in [0.3, 0.4) is 0 Å². The van der Waals surface area contributed by atoms with Gasteiger partial charge in [-0.2, -0.15) is 11.8 Å². The summed E-state index contributed by atoms with van der Waals surface area (Å²) < 4.78 is 4.94. The Labute approximate surface area is 109 Å². The van der Waals surface area contributed by atoms with E-state index in [4.69, 9.17) is 4.74 Å². The van der Waals surface area contributed by atoms with Crippen LogP contribution in [0, 0.1) is 0 Å². The summed E-state index contributed by atoms with van der Waals surface area (Å²) in [5, 5.41) is 0.678. The van der Waals surface area contributed by atoms with Crippen LogP contribution in [0.15, 0.2) is 0 Å². The minimum Gasteiger partial charge on any atom is -0.468 e. The maximum atomic E-state index is 11.8. The van der Waals surface area contributed by atoms with Crippen molar-refractivity contribution in [3.8, 4) is 0 Å². The summed E-state index contributed by atoms with van der Waals surface area (Å²) in [6.45, 7) is 6.44. The number of methoxy groups -OCH3 is 1. The third-order valence-corrected chi connectivity index (χ3v) is 4.74. The predicted octanol–water partition coefficient (Wildman–Crippen LogP) is 2.55. The van der Waals surface area contributed by atoms with Crippen molar-refractivity contribution in [3.63, 3.8) is 0 Å². The van der Waals surface area contributed by atoms with Crippen LogP contribution in [0.25, 0.3) is 0 Å². The number of nitrogens with zero attached hydrogens (tertiary/aromatic N) is 1. The number of rotatable bonds is 6. The maximum Gasteiger partial charge on any atom is 0.323 e. The van der Waals surface area contributed by atoms with E-state index in [1.807, 2.05) is 11.8 Å². The average Bonchev–Trinajstić information content (AvgIpc) is 2.39. The van der Waals surface area contributed by atoms with Gasteiger partial charge in [0.1, 0.15) is 6.04 Å². The van der Waals surface area contributed by atoms with Crippen molar-refractivity contribution in [3.05, 3.63) is 0 Å². The number of hydrogen-bond acceptors (Lipinski definition) is 4. The molecular formula is C13H25NO2S. The molecule has 17 heavy (non-hydrogen) atoms. The summed E-state index contributed by atoms with van der Waals surface area (Å²) in [6, 6.07) is -0.0186. The third-order valence-electron chi connectivity index (χ3n) is 3.37. The van der Waals surface area contributed by atoms with Gasteiger partial charge in [0, 0.05) is 24.1 Å². The van der Waals surface area contributed by atoms with Crippen LogP contribution in [0.1, 0.15) is 39.5 Å². The zero-order chi connectivity index (χ0) is 12.7. The van der Waals surface area contributed by atoms with E-state index in [2.05, 4.69) is 18.7 Å². The summed E-state index contributed by atoms with van der Waals surface area (Å²) in [5.74, 6) is 1.08. The summed E-state index contributed by atoms with van der Waals surface area (Å²) in [5.41, 5.74) is 0. The van der Waals surface area contributed by atoms with Crippen molar-refractivity contribution in [1.82, 2.24) is 4.90 Å². The van der Waals surface area contributed by atoms with E-state index in [0.29, 0.717) is 5.25 Å². The number of unbranched alkanes of at least 4 members (excludes halogenated alkanes) is 1. The molecule has 1 heterocycles. The van der Waals surface area contributed by atoms with Gasteiger partial charge in [0.25, 0.3) is 0 Å². The molecule has 0 amide bonds.